The van der Waals surface area contributed by atoms with Gasteiger partial charge in [-0.15, -0.1) is 0 Å². The van der Waals surface area contributed by atoms with Crippen molar-refractivity contribution in [2.45, 2.75) is 38.8 Å². The van der Waals surface area contributed by atoms with E-state index in [1.807, 2.05) is 12.1 Å². The molecule has 1 amide bonds. The topological polar surface area (TPSA) is 135 Å². The molecule has 0 aliphatic heterocycles. The molecule has 28 heavy (non-hydrogen) atoms. The van der Waals surface area contributed by atoms with Gasteiger partial charge in [0, 0.05) is 25.9 Å². The molecule has 148 valence electrons. The third-order valence-corrected chi connectivity index (χ3v) is 3.98. The van der Waals surface area contributed by atoms with E-state index in [0.717, 1.165) is 5.56 Å². The highest BCUT2D eigenvalue weighted by Gasteiger charge is 2.24. The van der Waals surface area contributed by atoms with Gasteiger partial charge < -0.3 is 15.0 Å². The van der Waals surface area contributed by atoms with Gasteiger partial charge in [0.15, 0.2) is 5.65 Å². The number of alkyl carbamates (subject to hydrolysis) is 1. The maximum atomic E-state index is 12.3. The van der Waals surface area contributed by atoms with Crippen LogP contribution in [0.15, 0.2) is 34.1 Å². The van der Waals surface area contributed by atoms with Gasteiger partial charge in [-0.3, -0.25) is 19.3 Å². The number of aryl methyl sites for hydroxylation is 1. The molecule has 0 aromatic carbocycles. The smallest absolute Gasteiger partial charge is 0.408 e. The standard InChI is InChI=1S/C18H22N6O4/c1-18(2,3)28-17(27)20-11(9-10-5-7-19-8-6-10)13-21-12-14(22-13)24(4)16(26)23-15(12)25/h5-8,11H,9H2,1-4H3,(H,20,27)(H,21,22)(H,23,25,26)/t11-/m1/s1. The summed E-state index contributed by atoms with van der Waals surface area (Å²) in [5.41, 5.74) is -0.546. The quantitative estimate of drug-likeness (QED) is 0.616. The average Bonchev–Trinajstić information content (AvgIpc) is 3.05. The SMILES string of the molecule is Cn1c(=O)[nH]c(=O)c2[nH]c([C@@H](Cc3ccncc3)NC(=O)OC(C)(C)C)nc21. The van der Waals surface area contributed by atoms with Crippen molar-refractivity contribution in [2.75, 3.05) is 0 Å². The molecule has 0 saturated carbocycles. The summed E-state index contributed by atoms with van der Waals surface area (Å²) < 4.78 is 6.57. The average molecular weight is 386 g/mol. The van der Waals surface area contributed by atoms with Crippen molar-refractivity contribution in [3.05, 3.63) is 56.8 Å². The Kier molecular flexibility index (Phi) is 5.04. The Morgan fingerprint density at radius 1 is 1.25 bits per heavy atom. The number of aromatic amines is 2. The van der Waals surface area contributed by atoms with Crippen LogP contribution in [0.5, 0.6) is 0 Å². The minimum Gasteiger partial charge on any atom is -0.444 e. The van der Waals surface area contributed by atoms with Crippen LogP contribution in [0.3, 0.4) is 0 Å². The molecular formula is C18H22N6O4. The molecule has 0 aliphatic carbocycles. The van der Waals surface area contributed by atoms with Crippen LogP contribution < -0.4 is 16.6 Å². The van der Waals surface area contributed by atoms with Crippen LogP contribution in [0.2, 0.25) is 0 Å². The van der Waals surface area contributed by atoms with Gasteiger partial charge in [0.1, 0.15) is 16.9 Å². The van der Waals surface area contributed by atoms with E-state index in [1.54, 1.807) is 33.2 Å². The number of ether oxygens (including phenoxy) is 1. The Labute approximate surface area is 160 Å². The number of hydrogen-bond donors (Lipinski definition) is 3. The Hall–Kier alpha value is -3.43. The number of nitrogens with one attached hydrogen (secondary N) is 3. The monoisotopic (exact) mass is 386 g/mol. The first kappa shape index (κ1) is 19.3. The molecule has 0 fully saturated rings. The summed E-state index contributed by atoms with van der Waals surface area (Å²) in [6.07, 6.45) is 3.06. The van der Waals surface area contributed by atoms with E-state index in [2.05, 4.69) is 25.3 Å². The van der Waals surface area contributed by atoms with E-state index in [-0.39, 0.29) is 11.2 Å². The summed E-state index contributed by atoms with van der Waals surface area (Å²) in [6.45, 7) is 5.29. The van der Waals surface area contributed by atoms with Crippen molar-refractivity contribution in [3.8, 4) is 0 Å². The van der Waals surface area contributed by atoms with Crippen molar-refractivity contribution < 1.29 is 9.53 Å². The molecule has 3 aromatic rings. The fraction of sp³-hybridized carbons (Fsp3) is 0.389. The van der Waals surface area contributed by atoms with Crippen molar-refractivity contribution >= 4 is 17.3 Å². The van der Waals surface area contributed by atoms with E-state index in [9.17, 15) is 14.4 Å². The summed E-state index contributed by atoms with van der Waals surface area (Å²) in [6, 6.07) is 3.02. The molecule has 0 aliphatic rings. The van der Waals surface area contributed by atoms with E-state index >= 15 is 0 Å². The molecule has 0 unspecified atom stereocenters. The van der Waals surface area contributed by atoms with Crippen LogP contribution in [0.25, 0.3) is 11.2 Å². The molecular weight excluding hydrogens is 364 g/mol. The molecule has 0 bridgehead atoms. The first-order chi connectivity index (χ1) is 13.1. The minimum absolute atomic E-state index is 0.155. The Balaban J connectivity index is 2.00. The number of fused-ring (bicyclic) bond motifs is 1. The fourth-order valence-corrected chi connectivity index (χ4v) is 2.71. The maximum absolute atomic E-state index is 12.3. The van der Waals surface area contributed by atoms with Crippen LogP contribution in [-0.4, -0.2) is 36.2 Å². The van der Waals surface area contributed by atoms with Crippen molar-refractivity contribution in [3.63, 3.8) is 0 Å². The van der Waals surface area contributed by atoms with E-state index in [1.165, 1.54) is 11.6 Å². The number of aromatic nitrogens is 5. The lowest BCUT2D eigenvalue weighted by atomic mass is 10.1. The second-order valence-corrected chi connectivity index (χ2v) is 7.40. The molecule has 3 heterocycles. The molecule has 10 heteroatoms. The van der Waals surface area contributed by atoms with Gasteiger partial charge in [0.25, 0.3) is 5.56 Å². The highest BCUT2D eigenvalue weighted by Crippen LogP contribution is 2.19. The number of carbonyl (C=O) groups excluding carboxylic acids is 1. The molecule has 3 aromatic heterocycles. The van der Waals surface area contributed by atoms with Crippen molar-refractivity contribution in [1.82, 2.24) is 29.8 Å². The summed E-state index contributed by atoms with van der Waals surface area (Å²) in [5, 5.41) is 2.78. The Bertz CT molecular complexity index is 1110. The molecule has 3 rings (SSSR count). The second-order valence-electron chi connectivity index (χ2n) is 7.40. The number of imidazole rings is 1. The van der Waals surface area contributed by atoms with E-state index < -0.39 is 29.0 Å². The van der Waals surface area contributed by atoms with Crippen LogP contribution in [0.1, 0.15) is 38.2 Å². The van der Waals surface area contributed by atoms with Gasteiger partial charge in [0.05, 0.1) is 6.04 Å². The van der Waals surface area contributed by atoms with Gasteiger partial charge in [-0.2, -0.15) is 0 Å². The number of carbonyl (C=O) groups is 1. The van der Waals surface area contributed by atoms with Crippen LogP contribution in [-0.2, 0) is 18.2 Å². The third-order valence-electron chi connectivity index (χ3n) is 3.98. The lowest BCUT2D eigenvalue weighted by molar-refractivity contribution is 0.0501. The van der Waals surface area contributed by atoms with Crippen LogP contribution in [0, 0.1) is 0 Å². The molecule has 1 atom stereocenters. The zero-order chi connectivity index (χ0) is 20.5. The lowest BCUT2D eigenvalue weighted by Gasteiger charge is -2.23. The predicted octanol–water partition coefficient (Wildman–Crippen LogP) is 1.15. The number of hydrogen-bond acceptors (Lipinski definition) is 6. The Morgan fingerprint density at radius 2 is 1.93 bits per heavy atom. The minimum atomic E-state index is -0.666. The maximum Gasteiger partial charge on any atom is 0.408 e. The summed E-state index contributed by atoms with van der Waals surface area (Å²) in [7, 11) is 1.50. The zero-order valence-electron chi connectivity index (χ0n) is 16.1. The van der Waals surface area contributed by atoms with E-state index in [4.69, 9.17) is 4.74 Å². The van der Waals surface area contributed by atoms with E-state index in [0.29, 0.717) is 12.2 Å². The number of nitrogens with zero attached hydrogens (tertiary/aromatic N) is 3. The van der Waals surface area contributed by atoms with Gasteiger partial charge >= 0.3 is 11.8 Å². The molecule has 3 N–H and O–H groups in total. The first-order valence-electron chi connectivity index (χ1n) is 8.71. The largest absolute Gasteiger partial charge is 0.444 e. The fourth-order valence-electron chi connectivity index (χ4n) is 2.71. The van der Waals surface area contributed by atoms with Gasteiger partial charge in [-0.1, -0.05) is 0 Å². The van der Waals surface area contributed by atoms with Crippen LogP contribution >= 0.6 is 0 Å². The number of H-pyrrole nitrogens is 2. The first-order valence-corrected chi connectivity index (χ1v) is 8.71. The number of amides is 1. The summed E-state index contributed by atoms with van der Waals surface area (Å²) in [4.78, 5) is 49.7. The lowest BCUT2D eigenvalue weighted by Crippen LogP contribution is -2.36. The molecule has 0 spiro atoms. The molecule has 0 saturated heterocycles. The second kappa shape index (κ2) is 7.29. The summed E-state index contributed by atoms with van der Waals surface area (Å²) in [5.74, 6) is 0.337. The highest BCUT2D eigenvalue weighted by molar-refractivity contribution is 5.71. The Morgan fingerprint density at radius 3 is 2.57 bits per heavy atom. The third kappa shape index (κ3) is 4.27. The van der Waals surface area contributed by atoms with Crippen molar-refractivity contribution in [1.29, 1.82) is 0 Å². The van der Waals surface area contributed by atoms with Crippen molar-refractivity contribution in [2.24, 2.45) is 7.05 Å². The normalized spacial score (nSPS) is 12.7. The number of rotatable bonds is 4. The zero-order valence-corrected chi connectivity index (χ0v) is 16.1. The molecule has 10 nitrogen and oxygen atoms in total. The predicted molar refractivity (Wildman–Crippen MR) is 102 cm³/mol. The van der Waals surface area contributed by atoms with Gasteiger partial charge in [0.2, 0.25) is 0 Å². The highest BCUT2D eigenvalue weighted by atomic mass is 16.6. The summed E-state index contributed by atoms with van der Waals surface area (Å²) >= 11 is 0. The van der Waals surface area contributed by atoms with Gasteiger partial charge in [-0.25, -0.2) is 14.6 Å². The van der Waals surface area contributed by atoms with Crippen LogP contribution in [0.4, 0.5) is 4.79 Å². The number of pyridine rings is 1. The van der Waals surface area contributed by atoms with Gasteiger partial charge in [-0.05, 0) is 38.5 Å². The molecule has 0 radical (unpaired) electrons.